The highest BCUT2D eigenvalue weighted by molar-refractivity contribution is 5.72. The number of hydrogen-bond acceptors (Lipinski definition) is 2. The monoisotopic (exact) mass is 205 g/mol. The molecule has 1 rings (SSSR count). The standard InChI is InChI=1S/C13H19NO/c1-10(2)12-7-4-11(5-8-12)6-9-13(14)15-3/h4-5,7-8,10,14H,6,9H2,1-3H3. The summed E-state index contributed by atoms with van der Waals surface area (Å²) in [4.78, 5) is 0. The van der Waals surface area contributed by atoms with Crippen LogP contribution in [-0.2, 0) is 11.2 Å². The minimum Gasteiger partial charge on any atom is -0.484 e. The molecule has 1 aromatic rings. The van der Waals surface area contributed by atoms with Crippen LogP contribution in [0, 0.1) is 5.41 Å². The van der Waals surface area contributed by atoms with Gasteiger partial charge in [-0.2, -0.15) is 0 Å². The number of aryl methyl sites for hydroxylation is 1. The molecule has 2 nitrogen and oxygen atoms in total. The SMILES string of the molecule is COC(=N)CCc1ccc(C(C)C)cc1. The van der Waals surface area contributed by atoms with Crippen LogP contribution in [0.5, 0.6) is 0 Å². The number of methoxy groups -OCH3 is 1. The van der Waals surface area contributed by atoms with Crippen LogP contribution in [0.25, 0.3) is 0 Å². The molecule has 0 bridgehead atoms. The van der Waals surface area contributed by atoms with Crippen LogP contribution in [0.15, 0.2) is 24.3 Å². The molecule has 0 aliphatic carbocycles. The predicted molar refractivity (Wildman–Crippen MR) is 63.6 cm³/mol. The van der Waals surface area contributed by atoms with E-state index < -0.39 is 0 Å². The van der Waals surface area contributed by atoms with Gasteiger partial charge in [-0.1, -0.05) is 38.1 Å². The zero-order valence-corrected chi connectivity index (χ0v) is 9.71. The van der Waals surface area contributed by atoms with Gasteiger partial charge >= 0.3 is 0 Å². The van der Waals surface area contributed by atoms with E-state index in [0.29, 0.717) is 18.2 Å². The van der Waals surface area contributed by atoms with Crippen molar-refractivity contribution < 1.29 is 4.74 Å². The first-order valence-corrected chi connectivity index (χ1v) is 5.33. The molecule has 0 aromatic heterocycles. The highest BCUT2D eigenvalue weighted by Crippen LogP contribution is 2.15. The Kier molecular flexibility index (Phi) is 4.35. The number of nitrogens with one attached hydrogen (secondary N) is 1. The van der Waals surface area contributed by atoms with E-state index >= 15 is 0 Å². The number of benzene rings is 1. The molecule has 0 saturated carbocycles. The molecular weight excluding hydrogens is 186 g/mol. The molecule has 0 radical (unpaired) electrons. The highest BCUT2D eigenvalue weighted by Gasteiger charge is 2.00. The number of hydrogen-bond donors (Lipinski definition) is 1. The van der Waals surface area contributed by atoms with Crippen LogP contribution in [-0.4, -0.2) is 13.0 Å². The lowest BCUT2D eigenvalue weighted by molar-refractivity contribution is 0.386. The molecule has 0 heterocycles. The van der Waals surface area contributed by atoms with Gasteiger partial charge in [-0.25, -0.2) is 0 Å². The molecule has 1 N–H and O–H groups in total. The van der Waals surface area contributed by atoms with Crippen LogP contribution in [0.1, 0.15) is 37.3 Å². The lowest BCUT2D eigenvalue weighted by Crippen LogP contribution is -2.01. The Morgan fingerprint density at radius 2 is 1.87 bits per heavy atom. The zero-order valence-electron chi connectivity index (χ0n) is 9.71. The molecule has 0 saturated heterocycles. The average Bonchev–Trinajstić information content (AvgIpc) is 2.26. The summed E-state index contributed by atoms with van der Waals surface area (Å²) in [5, 5.41) is 7.37. The van der Waals surface area contributed by atoms with Crippen molar-refractivity contribution in [2.24, 2.45) is 0 Å². The van der Waals surface area contributed by atoms with Gasteiger partial charge in [0.1, 0.15) is 0 Å². The van der Waals surface area contributed by atoms with Crippen LogP contribution >= 0.6 is 0 Å². The van der Waals surface area contributed by atoms with Gasteiger partial charge in [-0.15, -0.1) is 0 Å². The van der Waals surface area contributed by atoms with Gasteiger partial charge in [0, 0.05) is 6.42 Å². The molecule has 82 valence electrons. The Morgan fingerprint density at radius 3 is 2.33 bits per heavy atom. The van der Waals surface area contributed by atoms with E-state index in [1.165, 1.54) is 11.1 Å². The summed E-state index contributed by atoms with van der Waals surface area (Å²) < 4.78 is 4.82. The fourth-order valence-corrected chi connectivity index (χ4v) is 1.43. The van der Waals surface area contributed by atoms with E-state index in [2.05, 4.69) is 38.1 Å². The normalized spacial score (nSPS) is 10.4. The Balaban J connectivity index is 2.53. The van der Waals surface area contributed by atoms with E-state index in [1.54, 1.807) is 7.11 Å². The lowest BCUT2D eigenvalue weighted by atomic mass is 10.0. The third-order valence-corrected chi connectivity index (χ3v) is 2.53. The summed E-state index contributed by atoms with van der Waals surface area (Å²) in [6, 6.07) is 8.60. The molecule has 1 aromatic carbocycles. The second kappa shape index (κ2) is 5.54. The maximum absolute atomic E-state index is 7.37. The highest BCUT2D eigenvalue weighted by atomic mass is 16.5. The summed E-state index contributed by atoms with van der Waals surface area (Å²) in [6.07, 6.45) is 1.56. The van der Waals surface area contributed by atoms with Crippen molar-refractivity contribution in [2.75, 3.05) is 7.11 Å². The van der Waals surface area contributed by atoms with Crippen LogP contribution < -0.4 is 0 Å². The minimum atomic E-state index is 0.350. The molecule has 0 fully saturated rings. The van der Waals surface area contributed by atoms with E-state index in [1.807, 2.05) is 0 Å². The van der Waals surface area contributed by atoms with E-state index in [9.17, 15) is 0 Å². The zero-order chi connectivity index (χ0) is 11.3. The maximum atomic E-state index is 7.37. The lowest BCUT2D eigenvalue weighted by Gasteiger charge is -2.07. The first-order chi connectivity index (χ1) is 7.13. The Morgan fingerprint density at radius 1 is 1.27 bits per heavy atom. The van der Waals surface area contributed by atoms with Crippen molar-refractivity contribution in [3.63, 3.8) is 0 Å². The van der Waals surface area contributed by atoms with Crippen molar-refractivity contribution in [2.45, 2.75) is 32.6 Å². The van der Waals surface area contributed by atoms with Gasteiger partial charge in [0.15, 0.2) is 5.90 Å². The molecule has 0 aliphatic rings. The van der Waals surface area contributed by atoms with Crippen molar-refractivity contribution in [3.05, 3.63) is 35.4 Å². The molecule has 0 spiro atoms. The Hall–Kier alpha value is -1.31. The predicted octanol–water partition coefficient (Wildman–Crippen LogP) is 3.37. The molecule has 0 aliphatic heterocycles. The summed E-state index contributed by atoms with van der Waals surface area (Å²) >= 11 is 0. The van der Waals surface area contributed by atoms with Gasteiger partial charge in [0.25, 0.3) is 0 Å². The molecule has 0 atom stereocenters. The third kappa shape index (κ3) is 3.74. The average molecular weight is 205 g/mol. The van der Waals surface area contributed by atoms with Gasteiger partial charge in [0.05, 0.1) is 7.11 Å². The minimum absolute atomic E-state index is 0.350. The maximum Gasteiger partial charge on any atom is 0.180 e. The van der Waals surface area contributed by atoms with Gasteiger partial charge in [0.2, 0.25) is 0 Å². The van der Waals surface area contributed by atoms with E-state index in [4.69, 9.17) is 10.1 Å². The van der Waals surface area contributed by atoms with Crippen molar-refractivity contribution >= 4 is 5.90 Å². The van der Waals surface area contributed by atoms with Crippen LogP contribution in [0.2, 0.25) is 0 Å². The topological polar surface area (TPSA) is 33.1 Å². The van der Waals surface area contributed by atoms with Gasteiger partial charge in [-0.05, 0) is 23.5 Å². The van der Waals surface area contributed by atoms with Crippen molar-refractivity contribution in [1.29, 1.82) is 5.41 Å². The molecule has 0 amide bonds. The molecule has 0 unspecified atom stereocenters. The first-order valence-electron chi connectivity index (χ1n) is 5.33. The number of rotatable bonds is 4. The Bertz CT molecular complexity index is 314. The van der Waals surface area contributed by atoms with Gasteiger partial charge < -0.3 is 4.74 Å². The fourth-order valence-electron chi connectivity index (χ4n) is 1.43. The van der Waals surface area contributed by atoms with E-state index in [-0.39, 0.29) is 0 Å². The van der Waals surface area contributed by atoms with E-state index in [0.717, 1.165) is 6.42 Å². The summed E-state index contributed by atoms with van der Waals surface area (Å²) in [5.74, 6) is 0.930. The molecule has 2 heteroatoms. The summed E-state index contributed by atoms with van der Waals surface area (Å²) in [6.45, 7) is 4.38. The summed E-state index contributed by atoms with van der Waals surface area (Å²) in [5.41, 5.74) is 2.63. The molecule has 15 heavy (non-hydrogen) atoms. The van der Waals surface area contributed by atoms with Gasteiger partial charge in [-0.3, -0.25) is 5.41 Å². The largest absolute Gasteiger partial charge is 0.484 e. The smallest absolute Gasteiger partial charge is 0.180 e. The van der Waals surface area contributed by atoms with Crippen LogP contribution in [0.3, 0.4) is 0 Å². The quantitative estimate of drug-likeness (QED) is 0.593. The fraction of sp³-hybridized carbons (Fsp3) is 0.462. The Labute approximate surface area is 91.8 Å². The second-order valence-electron chi connectivity index (χ2n) is 4.02. The number of ether oxygens (including phenoxy) is 1. The second-order valence-corrected chi connectivity index (χ2v) is 4.02. The van der Waals surface area contributed by atoms with Crippen molar-refractivity contribution in [3.8, 4) is 0 Å². The van der Waals surface area contributed by atoms with Crippen LogP contribution in [0.4, 0.5) is 0 Å². The molecular formula is C13H19NO. The first kappa shape index (κ1) is 11.8. The van der Waals surface area contributed by atoms with Crippen molar-refractivity contribution in [1.82, 2.24) is 0 Å². The summed E-state index contributed by atoms with van der Waals surface area (Å²) in [7, 11) is 1.55. The third-order valence-electron chi connectivity index (χ3n) is 2.53.